The monoisotopic (exact) mass is 241 g/mol. The Morgan fingerprint density at radius 1 is 1.53 bits per heavy atom. The van der Waals surface area contributed by atoms with E-state index in [1.807, 2.05) is 6.92 Å². The molecule has 0 bridgehead atoms. The molecule has 94 valence electrons. The number of rotatable bonds is 3. The van der Waals surface area contributed by atoms with Gasteiger partial charge in [-0.25, -0.2) is 8.78 Å². The van der Waals surface area contributed by atoms with Gasteiger partial charge in [-0.3, -0.25) is 4.68 Å². The second-order valence-corrected chi connectivity index (χ2v) is 5.57. The molecule has 0 aromatic carbocycles. The van der Waals surface area contributed by atoms with Gasteiger partial charge >= 0.3 is 0 Å². The highest BCUT2D eigenvalue weighted by Gasteiger charge is 2.48. The van der Waals surface area contributed by atoms with E-state index in [1.54, 1.807) is 4.68 Å². The van der Waals surface area contributed by atoms with Gasteiger partial charge in [0.1, 0.15) is 5.69 Å². The molecule has 3 nitrogen and oxygen atoms in total. The summed E-state index contributed by atoms with van der Waals surface area (Å²) in [5.74, 6) is 0.612. The molecule has 5 heteroatoms. The summed E-state index contributed by atoms with van der Waals surface area (Å²) in [5, 5.41) is 7.27. The minimum atomic E-state index is -2.46. The molecule has 1 aliphatic carbocycles. The fourth-order valence-electron chi connectivity index (χ4n) is 3.13. The number of nitrogens with one attached hydrogen (secondary N) is 1. The summed E-state index contributed by atoms with van der Waals surface area (Å²) >= 11 is 0. The van der Waals surface area contributed by atoms with Crippen molar-refractivity contribution < 1.29 is 8.78 Å². The first-order chi connectivity index (χ1) is 8.08. The van der Waals surface area contributed by atoms with E-state index in [2.05, 4.69) is 10.4 Å². The van der Waals surface area contributed by atoms with E-state index in [1.165, 1.54) is 18.9 Å². The van der Waals surface area contributed by atoms with Crippen molar-refractivity contribution in [3.63, 3.8) is 0 Å². The van der Waals surface area contributed by atoms with Crippen LogP contribution in [0.25, 0.3) is 0 Å². The van der Waals surface area contributed by atoms with Gasteiger partial charge in [0.25, 0.3) is 6.43 Å². The van der Waals surface area contributed by atoms with Crippen LogP contribution in [0, 0.1) is 18.3 Å². The Labute approximate surface area is 99.2 Å². The summed E-state index contributed by atoms with van der Waals surface area (Å²) in [7, 11) is 0. The highest BCUT2D eigenvalue weighted by Crippen LogP contribution is 2.48. The predicted octanol–water partition coefficient (Wildman–Crippen LogP) is 2.13. The number of hydrogen-bond acceptors (Lipinski definition) is 2. The molecule has 17 heavy (non-hydrogen) atoms. The molecule has 1 spiro atoms. The third-order valence-electron chi connectivity index (χ3n) is 4.10. The Hall–Kier alpha value is -0.970. The smallest absolute Gasteiger partial charge is 0.282 e. The maximum Gasteiger partial charge on any atom is 0.282 e. The van der Waals surface area contributed by atoms with Gasteiger partial charge in [0.2, 0.25) is 0 Å². The fraction of sp³-hybridized carbons (Fsp3) is 0.750. The lowest BCUT2D eigenvalue weighted by molar-refractivity contribution is -0.00907. The second-order valence-electron chi connectivity index (χ2n) is 5.57. The predicted molar refractivity (Wildman–Crippen MR) is 59.9 cm³/mol. The summed E-state index contributed by atoms with van der Waals surface area (Å²) in [6, 6.07) is 1.49. The number of aromatic nitrogens is 2. The Bertz CT molecular complexity index is 415. The van der Waals surface area contributed by atoms with Crippen molar-refractivity contribution in [2.24, 2.45) is 11.3 Å². The van der Waals surface area contributed by atoms with Crippen molar-refractivity contribution in [1.82, 2.24) is 15.1 Å². The first-order valence-electron chi connectivity index (χ1n) is 6.11. The van der Waals surface area contributed by atoms with Crippen LogP contribution in [0.4, 0.5) is 8.78 Å². The van der Waals surface area contributed by atoms with Gasteiger partial charge in [-0.05, 0) is 37.2 Å². The average molecular weight is 241 g/mol. The van der Waals surface area contributed by atoms with E-state index < -0.39 is 6.43 Å². The van der Waals surface area contributed by atoms with Gasteiger partial charge < -0.3 is 5.32 Å². The molecule has 1 saturated heterocycles. The molecular weight excluding hydrogens is 224 g/mol. The number of aryl methyl sites for hydroxylation is 1. The largest absolute Gasteiger partial charge is 0.316 e. The standard InChI is InChI=1S/C12H17F2N3/c1-8-2-10(11(13)14)16-17(8)5-9-3-12(4-9)6-15-7-12/h2,9,11,15H,3-7H2,1H3. The molecule has 0 unspecified atom stereocenters. The Balaban J connectivity index is 1.62. The number of alkyl halides is 2. The molecule has 0 radical (unpaired) electrons. The zero-order valence-electron chi connectivity index (χ0n) is 9.92. The maximum absolute atomic E-state index is 12.5. The summed E-state index contributed by atoms with van der Waals surface area (Å²) < 4.78 is 26.7. The Morgan fingerprint density at radius 2 is 2.24 bits per heavy atom. The van der Waals surface area contributed by atoms with Gasteiger partial charge in [0.15, 0.2) is 0 Å². The van der Waals surface area contributed by atoms with Crippen molar-refractivity contribution >= 4 is 0 Å². The van der Waals surface area contributed by atoms with Crippen LogP contribution in [0.5, 0.6) is 0 Å². The zero-order valence-corrected chi connectivity index (χ0v) is 9.92. The van der Waals surface area contributed by atoms with Crippen LogP contribution in [-0.4, -0.2) is 22.9 Å². The van der Waals surface area contributed by atoms with Crippen LogP contribution >= 0.6 is 0 Å². The van der Waals surface area contributed by atoms with Crippen molar-refractivity contribution in [1.29, 1.82) is 0 Å². The highest BCUT2D eigenvalue weighted by molar-refractivity contribution is 5.10. The average Bonchev–Trinajstić information content (AvgIpc) is 2.50. The molecule has 2 aliphatic rings. The minimum absolute atomic E-state index is 0.0955. The van der Waals surface area contributed by atoms with Crippen molar-refractivity contribution in [3.05, 3.63) is 17.5 Å². The molecule has 0 atom stereocenters. The Kier molecular flexibility index (Phi) is 2.47. The maximum atomic E-state index is 12.5. The first-order valence-corrected chi connectivity index (χ1v) is 6.11. The quantitative estimate of drug-likeness (QED) is 0.878. The fourth-order valence-corrected chi connectivity index (χ4v) is 3.13. The highest BCUT2D eigenvalue weighted by atomic mass is 19.3. The third-order valence-corrected chi connectivity index (χ3v) is 4.10. The van der Waals surface area contributed by atoms with E-state index in [9.17, 15) is 8.78 Å². The van der Waals surface area contributed by atoms with E-state index >= 15 is 0 Å². The lowest BCUT2D eigenvalue weighted by Gasteiger charge is -2.54. The lowest BCUT2D eigenvalue weighted by Crippen LogP contribution is -2.60. The summed E-state index contributed by atoms with van der Waals surface area (Å²) in [6.45, 7) is 4.90. The van der Waals surface area contributed by atoms with Crippen LogP contribution in [0.3, 0.4) is 0 Å². The Morgan fingerprint density at radius 3 is 2.71 bits per heavy atom. The minimum Gasteiger partial charge on any atom is -0.316 e. The number of hydrogen-bond donors (Lipinski definition) is 1. The topological polar surface area (TPSA) is 29.9 Å². The normalized spacial score (nSPS) is 22.8. The molecule has 1 N–H and O–H groups in total. The molecule has 2 fully saturated rings. The summed E-state index contributed by atoms with van der Waals surface area (Å²) in [6.07, 6.45) is -0.0365. The first kappa shape index (κ1) is 11.1. The van der Waals surface area contributed by atoms with E-state index in [0.717, 1.165) is 25.3 Å². The summed E-state index contributed by atoms with van der Waals surface area (Å²) in [4.78, 5) is 0. The molecule has 1 aromatic rings. The van der Waals surface area contributed by atoms with Gasteiger partial charge in [-0.15, -0.1) is 0 Å². The molecule has 3 rings (SSSR count). The van der Waals surface area contributed by atoms with Gasteiger partial charge in [0.05, 0.1) is 0 Å². The number of halogens is 2. The molecule has 1 aliphatic heterocycles. The van der Waals surface area contributed by atoms with Crippen LogP contribution < -0.4 is 5.32 Å². The molecule has 1 saturated carbocycles. The SMILES string of the molecule is Cc1cc(C(F)F)nn1CC1CC2(CNC2)C1. The van der Waals surface area contributed by atoms with Crippen molar-refractivity contribution in [3.8, 4) is 0 Å². The lowest BCUT2D eigenvalue weighted by atomic mass is 9.58. The summed E-state index contributed by atoms with van der Waals surface area (Å²) in [5.41, 5.74) is 1.28. The molecule has 1 aromatic heterocycles. The van der Waals surface area contributed by atoms with Crippen molar-refractivity contribution in [2.75, 3.05) is 13.1 Å². The molecule has 0 amide bonds. The van der Waals surface area contributed by atoms with Crippen LogP contribution in [-0.2, 0) is 6.54 Å². The third kappa shape index (κ3) is 1.86. The van der Waals surface area contributed by atoms with Gasteiger partial charge in [-0.1, -0.05) is 0 Å². The molecular formula is C12H17F2N3. The van der Waals surface area contributed by atoms with E-state index in [0.29, 0.717) is 11.3 Å². The van der Waals surface area contributed by atoms with Crippen LogP contribution in [0.1, 0.15) is 30.7 Å². The van der Waals surface area contributed by atoms with Gasteiger partial charge in [-0.2, -0.15) is 5.10 Å². The van der Waals surface area contributed by atoms with Gasteiger partial charge in [0, 0.05) is 25.3 Å². The van der Waals surface area contributed by atoms with E-state index in [-0.39, 0.29) is 5.69 Å². The zero-order chi connectivity index (χ0) is 12.0. The van der Waals surface area contributed by atoms with E-state index in [4.69, 9.17) is 0 Å². The van der Waals surface area contributed by atoms with Crippen molar-refractivity contribution in [2.45, 2.75) is 32.7 Å². The number of nitrogens with zero attached hydrogens (tertiary/aromatic N) is 2. The molecule has 2 heterocycles. The van der Waals surface area contributed by atoms with Crippen LogP contribution in [0.2, 0.25) is 0 Å². The van der Waals surface area contributed by atoms with Crippen LogP contribution in [0.15, 0.2) is 6.07 Å². The second kappa shape index (κ2) is 3.77.